The molecule has 0 aliphatic carbocycles. The molecule has 0 radical (unpaired) electrons. The lowest BCUT2D eigenvalue weighted by Gasteiger charge is -2.38. The van der Waals surface area contributed by atoms with E-state index in [1.165, 1.54) is 0 Å². The summed E-state index contributed by atoms with van der Waals surface area (Å²) in [5, 5.41) is 14.1. The number of hydrogen-bond acceptors (Lipinski definition) is 6. The number of ether oxygens (including phenoxy) is 2. The number of aryl methyl sites for hydroxylation is 1. The minimum absolute atomic E-state index is 0.0183. The number of aromatic nitrogens is 1. The van der Waals surface area contributed by atoms with E-state index in [0.717, 1.165) is 33.5 Å². The summed E-state index contributed by atoms with van der Waals surface area (Å²) in [7, 11) is 4.02. The molecular formula is C40H44N4O5. The lowest BCUT2D eigenvalue weighted by molar-refractivity contribution is -0.115. The topological polar surface area (TPSA) is 96.3 Å². The zero-order valence-electron chi connectivity index (χ0n) is 28.5. The van der Waals surface area contributed by atoms with E-state index in [-0.39, 0.29) is 42.9 Å². The van der Waals surface area contributed by atoms with Gasteiger partial charge in [0.15, 0.2) is 0 Å². The first-order chi connectivity index (χ1) is 23.7. The van der Waals surface area contributed by atoms with Crippen LogP contribution in [0.15, 0.2) is 103 Å². The molecule has 0 saturated heterocycles. The second kappa shape index (κ2) is 15.0. The van der Waals surface area contributed by atoms with Gasteiger partial charge in [0.05, 0.1) is 24.6 Å². The molecule has 5 aromatic rings. The van der Waals surface area contributed by atoms with Crippen molar-refractivity contribution in [3.8, 4) is 17.2 Å². The summed E-state index contributed by atoms with van der Waals surface area (Å²) >= 11 is 0. The van der Waals surface area contributed by atoms with Gasteiger partial charge in [-0.15, -0.1) is 0 Å². The Kier molecular flexibility index (Phi) is 10.3. The first-order valence-corrected chi connectivity index (χ1v) is 16.7. The van der Waals surface area contributed by atoms with Crippen molar-refractivity contribution in [3.05, 3.63) is 120 Å². The number of carbonyl (C=O) groups is 2. The Morgan fingerprint density at radius 1 is 1.02 bits per heavy atom. The number of nitrogens with one attached hydrogen (secondary N) is 1. The molecule has 1 aliphatic heterocycles. The monoisotopic (exact) mass is 660 g/mol. The number of para-hydroxylation sites is 2. The third-order valence-electron chi connectivity index (χ3n) is 9.13. The predicted octanol–water partition coefficient (Wildman–Crippen LogP) is 6.50. The van der Waals surface area contributed by atoms with Crippen molar-refractivity contribution in [3.63, 3.8) is 0 Å². The van der Waals surface area contributed by atoms with Gasteiger partial charge in [0.1, 0.15) is 23.4 Å². The normalized spacial score (nSPS) is 16.9. The fourth-order valence-electron chi connectivity index (χ4n) is 6.43. The molecule has 1 aromatic heterocycles. The largest absolute Gasteiger partial charge is 0.488 e. The summed E-state index contributed by atoms with van der Waals surface area (Å²) in [5.74, 6) is 1.59. The van der Waals surface area contributed by atoms with Crippen LogP contribution in [0, 0.1) is 5.92 Å². The third-order valence-corrected chi connectivity index (χ3v) is 9.13. The van der Waals surface area contributed by atoms with Gasteiger partial charge in [0, 0.05) is 55.4 Å². The molecular weight excluding hydrogens is 616 g/mol. The fraction of sp³-hybridized carbons (Fsp3) is 0.300. The molecule has 9 nitrogen and oxygen atoms in total. The molecule has 0 bridgehead atoms. The number of carbonyl (C=O) groups excluding carboxylic acids is 2. The van der Waals surface area contributed by atoms with Crippen molar-refractivity contribution >= 4 is 28.4 Å². The highest BCUT2D eigenvalue weighted by Crippen LogP contribution is 2.31. The van der Waals surface area contributed by atoms with Crippen LogP contribution in [0.4, 0.5) is 5.69 Å². The highest BCUT2D eigenvalue weighted by Gasteiger charge is 2.33. The van der Waals surface area contributed by atoms with Crippen LogP contribution >= 0.6 is 0 Å². The number of benzene rings is 4. The van der Waals surface area contributed by atoms with Crippen molar-refractivity contribution in [1.82, 2.24) is 14.4 Å². The molecule has 4 aromatic carbocycles. The van der Waals surface area contributed by atoms with Gasteiger partial charge in [0.25, 0.3) is 5.91 Å². The van der Waals surface area contributed by atoms with Crippen LogP contribution in [0.5, 0.6) is 17.2 Å². The van der Waals surface area contributed by atoms with Crippen molar-refractivity contribution in [2.24, 2.45) is 13.0 Å². The van der Waals surface area contributed by atoms with Crippen LogP contribution in [-0.4, -0.2) is 70.2 Å². The Balaban J connectivity index is 1.16. The van der Waals surface area contributed by atoms with Gasteiger partial charge >= 0.3 is 0 Å². The number of anilines is 1. The Morgan fingerprint density at radius 3 is 2.49 bits per heavy atom. The Labute approximate surface area is 287 Å². The summed E-state index contributed by atoms with van der Waals surface area (Å²) in [6.45, 7) is 5.48. The van der Waals surface area contributed by atoms with Gasteiger partial charge in [-0.1, -0.05) is 55.5 Å². The lowest BCUT2D eigenvalue weighted by Crippen LogP contribution is -2.49. The number of rotatable bonds is 11. The van der Waals surface area contributed by atoms with Crippen LogP contribution in [-0.2, 0) is 24.8 Å². The molecule has 9 heteroatoms. The van der Waals surface area contributed by atoms with Gasteiger partial charge in [-0.05, 0) is 73.6 Å². The zero-order chi connectivity index (χ0) is 34.5. The maximum absolute atomic E-state index is 13.9. The van der Waals surface area contributed by atoms with E-state index in [1.807, 2.05) is 91.5 Å². The van der Waals surface area contributed by atoms with Gasteiger partial charge < -0.3 is 29.4 Å². The number of likely N-dealkylation sites (N-methyl/N-ethyl adjacent to an activating group) is 1. The number of amides is 2. The molecule has 0 fully saturated rings. The maximum atomic E-state index is 13.9. The van der Waals surface area contributed by atoms with Crippen LogP contribution in [0.2, 0.25) is 0 Å². The van der Waals surface area contributed by atoms with Gasteiger partial charge in [-0.2, -0.15) is 0 Å². The van der Waals surface area contributed by atoms with Gasteiger partial charge in [0.2, 0.25) is 5.91 Å². The molecule has 254 valence electrons. The molecule has 3 atom stereocenters. The summed E-state index contributed by atoms with van der Waals surface area (Å²) < 4.78 is 14.6. The highest BCUT2D eigenvalue weighted by atomic mass is 16.5. The standard InChI is InChI=1S/C40H44N4O5/c1-27-22-44(28(2)26-45)40(47)35-21-31(41-39(46)20-30-24-43(4)36-13-9-8-12-34(30)36)16-19-37(35)49-38(27)25-42(3)23-29-14-17-33(18-15-29)48-32-10-6-5-7-11-32/h5-19,21,24,27-28,38,45H,20,22-23,25-26H2,1-4H3,(H,41,46)/t27-,28+,38-/m0/s1. The number of nitrogens with zero attached hydrogens (tertiary/aromatic N) is 3. The molecule has 2 N–H and O–H groups in total. The number of fused-ring (bicyclic) bond motifs is 2. The van der Waals surface area contributed by atoms with Crippen molar-refractivity contribution in [2.45, 2.75) is 39.0 Å². The molecule has 0 saturated carbocycles. The Bertz CT molecular complexity index is 1910. The summed E-state index contributed by atoms with van der Waals surface area (Å²) in [6.07, 6.45) is 1.94. The van der Waals surface area contributed by atoms with Crippen LogP contribution < -0.4 is 14.8 Å². The van der Waals surface area contributed by atoms with Gasteiger partial charge in [-0.25, -0.2) is 0 Å². The number of aliphatic hydroxyl groups is 1. The average molecular weight is 661 g/mol. The molecule has 49 heavy (non-hydrogen) atoms. The first-order valence-electron chi connectivity index (χ1n) is 16.7. The third kappa shape index (κ3) is 7.96. The van der Waals surface area contributed by atoms with Crippen molar-refractivity contribution < 1.29 is 24.2 Å². The summed E-state index contributed by atoms with van der Waals surface area (Å²) in [6, 6.07) is 30.6. The molecule has 6 rings (SSSR count). The number of aliphatic hydroxyl groups excluding tert-OH is 1. The van der Waals surface area contributed by atoms with Crippen molar-refractivity contribution in [1.29, 1.82) is 0 Å². The molecule has 2 amide bonds. The quantitative estimate of drug-likeness (QED) is 0.168. The maximum Gasteiger partial charge on any atom is 0.258 e. The Hall–Kier alpha value is -5.12. The number of hydrogen-bond donors (Lipinski definition) is 2. The average Bonchev–Trinajstić information content (AvgIpc) is 3.41. The smallest absolute Gasteiger partial charge is 0.258 e. The first kappa shape index (κ1) is 33.8. The highest BCUT2D eigenvalue weighted by molar-refractivity contribution is 6.00. The van der Waals surface area contributed by atoms with E-state index < -0.39 is 0 Å². The summed E-state index contributed by atoms with van der Waals surface area (Å²) in [4.78, 5) is 31.0. The SMILES string of the molecule is C[C@H](CO)N1C[C@H](C)[C@H](CN(C)Cc2ccc(Oc3ccccc3)cc2)Oc2ccc(NC(=O)Cc3cn(C)c4ccccc34)cc2C1=O. The predicted molar refractivity (Wildman–Crippen MR) is 192 cm³/mol. The zero-order valence-corrected chi connectivity index (χ0v) is 28.5. The summed E-state index contributed by atoms with van der Waals surface area (Å²) in [5.41, 5.74) is 4.00. The molecule has 0 spiro atoms. The molecule has 0 unspecified atom stereocenters. The van der Waals surface area contributed by atoms with Crippen molar-refractivity contribution in [2.75, 3.05) is 32.1 Å². The second-order valence-corrected chi connectivity index (χ2v) is 13.1. The lowest BCUT2D eigenvalue weighted by atomic mass is 9.99. The van der Waals surface area contributed by atoms with E-state index in [9.17, 15) is 14.7 Å². The molecule has 2 heterocycles. The van der Waals surface area contributed by atoms with Gasteiger partial charge in [-0.3, -0.25) is 14.5 Å². The van der Waals surface area contributed by atoms with E-state index >= 15 is 0 Å². The van der Waals surface area contributed by atoms with E-state index in [1.54, 1.807) is 23.1 Å². The van der Waals surface area contributed by atoms with Crippen LogP contribution in [0.3, 0.4) is 0 Å². The molecule has 1 aliphatic rings. The van der Waals surface area contributed by atoms with E-state index in [2.05, 4.69) is 36.3 Å². The minimum Gasteiger partial charge on any atom is -0.488 e. The van der Waals surface area contributed by atoms with E-state index in [0.29, 0.717) is 36.6 Å². The fourth-order valence-corrected chi connectivity index (χ4v) is 6.43. The van der Waals surface area contributed by atoms with Crippen LogP contribution in [0.1, 0.15) is 35.3 Å². The Morgan fingerprint density at radius 2 is 1.73 bits per heavy atom. The second-order valence-electron chi connectivity index (χ2n) is 13.1. The van der Waals surface area contributed by atoms with Crippen LogP contribution in [0.25, 0.3) is 10.9 Å². The van der Waals surface area contributed by atoms with E-state index in [4.69, 9.17) is 9.47 Å². The minimum atomic E-state index is -0.388.